The van der Waals surface area contributed by atoms with E-state index in [0.717, 1.165) is 18.5 Å². The van der Waals surface area contributed by atoms with E-state index in [2.05, 4.69) is 10.3 Å². The molecule has 3 rings (SSSR count). The van der Waals surface area contributed by atoms with Crippen LogP contribution in [0.5, 0.6) is 0 Å². The second kappa shape index (κ2) is 6.01. The number of hydrogen-bond donors (Lipinski definition) is 1. The van der Waals surface area contributed by atoms with Gasteiger partial charge in [0.05, 0.1) is 18.7 Å². The first kappa shape index (κ1) is 14.3. The average molecular weight is 309 g/mol. The van der Waals surface area contributed by atoms with E-state index >= 15 is 0 Å². The molecule has 7 heteroatoms. The monoisotopic (exact) mass is 309 g/mol. The SMILES string of the molecule is COC(=O)N1CCC[C@@H](C(=O)Nc2nc(C3CC3)cs2)C1. The average Bonchev–Trinajstić information content (AvgIpc) is 3.27. The topological polar surface area (TPSA) is 71.5 Å². The smallest absolute Gasteiger partial charge is 0.409 e. The number of carbonyl (C=O) groups excluding carboxylic acids is 2. The summed E-state index contributed by atoms with van der Waals surface area (Å²) in [5.74, 6) is 0.350. The molecular weight excluding hydrogens is 290 g/mol. The minimum Gasteiger partial charge on any atom is -0.453 e. The summed E-state index contributed by atoms with van der Waals surface area (Å²) in [5, 5.41) is 5.57. The van der Waals surface area contributed by atoms with Gasteiger partial charge in [0.2, 0.25) is 5.91 Å². The summed E-state index contributed by atoms with van der Waals surface area (Å²) in [4.78, 5) is 29.9. The normalized spacial score (nSPS) is 22.0. The number of carbonyl (C=O) groups is 2. The Morgan fingerprint density at radius 1 is 1.43 bits per heavy atom. The summed E-state index contributed by atoms with van der Waals surface area (Å²) in [6.45, 7) is 1.07. The van der Waals surface area contributed by atoms with Crippen LogP contribution in [0.4, 0.5) is 9.93 Å². The molecule has 1 atom stereocenters. The fraction of sp³-hybridized carbons (Fsp3) is 0.643. The lowest BCUT2D eigenvalue weighted by molar-refractivity contribution is -0.121. The molecule has 21 heavy (non-hydrogen) atoms. The van der Waals surface area contributed by atoms with Crippen LogP contribution in [-0.2, 0) is 9.53 Å². The fourth-order valence-electron chi connectivity index (χ4n) is 2.60. The third-order valence-electron chi connectivity index (χ3n) is 3.97. The molecule has 1 N–H and O–H groups in total. The molecule has 1 aliphatic carbocycles. The van der Waals surface area contributed by atoms with E-state index in [1.807, 2.05) is 5.38 Å². The number of ether oxygens (including phenoxy) is 1. The van der Waals surface area contributed by atoms with E-state index in [1.54, 1.807) is 4.90 Å². The van der Waals surface area contributed by atoms with Gasteiger partial charge >= 0.3 is 6.09 Å². The van der Waals surface area contributed by atoms with Gasteiger partial charge < -0.3 is 15.0 Å². The molecule has 1 aliphatic heterocycles. The highest BCUT2D eigenvalue weighted by Crippen LogP contribution is 2.40. The van der Waals surface area contributed by atoms with Crippen LogP contribution in [0, 0.1) is 5.92 Å². The Bertz CT molecular complexity index is 541. The number of piperidine rings is 1. The van der Waals surface area contributed by atoms with E-state index in [4.69, 9.17) is 4.74 Å². The number of anilines is 1. The van der Waals surface area contributed by atoms with Gasteiger partial charge in [-0.25, -0.2) is 9.78 Å². The molecule has 2 amide bonds. The third kappa shape index (κ3) is 3.34. The fourth-order valence-corrected chi connectivity index (χ4v) is 3.40. The minimum absolute atomic E-state index is 0.0553. The maximum Gasteiger partial charge on any atom is 0.409 e. The highest BCUT2D eigenvalue weighted by atomic mass is 32.1. The first-order valence-electron chi connectivity index (χ1n) is 7.26. The number of methoxy groups -OCH3 is 1. The molecule has 1 saturated heterocycles. The highest BCUT2D eigenvalue weighted by molar-refractivity contribution is 7.13. The maximum atomic E-state index is 12.3. The molecule has 1 aromatic rings. The molecule has 0 radical (unpaired) electrons. The highest BCUT2D eigenvalue weighted by Gasteiger charge is 2.30. The number of aromatic nitrogens is 1. The molecule has 2 heterocycles. The van der Waals surface area contributed by atoms with Crippen molar-refractivity contribution in [2.24, 2.45) is 5.92 Å². The number of amides is 2. The van der Waals surface area contributed by atoms with Gasteiger partial charge in [0, 0.05) is 24.4 Å². The molecule has 2 fully saturated rings. The largest absolute Gasteiger partial charge is 0.453 e. The summed E-state index contributed by atoms with van der Waals surface area (Å²) in [5.41, 5.74) is 1.09. The van der Waals surface area contributed by atoms with Crippen LogP contribution in [0.2, 0.25) is 0 Å². The maximum absolute atomic E-state index is 12.3. The van der Waals surface area contributed by atoms with Crippen LogP contribution in [0.15, 0.2) is 5.38 Å². The summed E-state index contributed by atoms with van der Waals surface area (Å²) >= 11 is 1.47. The van der Waals surface area contributed by atoms with Crippen molar-refractivity contribution in [2.75, 3.05) is 25.5 Å². The number of hydrogen-bond acceptors (Lipinski definition) is 5. The van der Waals surface area contributed by atoms with E-state index < -0.39 is 0 Å². The molecule has 2 aliphatic rings. The van der Waals surface area contributed by atoms with Crippen molar-refractivity contribution < 1.29 is 14.3 Å². The zero-order valence-electron chi connectivity index (χ0n) is 12.0. The van der Waals surface area contributed by atoms with Gasteiger partial charge in [0.1, 0.15) is 0 Å². The molecule has 0 unspecified atom stereocenters. The van der Waals surface area contributed by atoms with Gasteiger partial charge in [-0.2, -0.15) is 0 Å². The predicted molar refractivity (Wildman–Crippen MR) is 79.4 cm³/mol. The van der Waals surface area contributed by atoms with Crippen molar-refractivity contribution >= 4 is 28.5 Å². The number of nitrogens with zero attached hydrogens (tertiary/aromatic N) is 2. The second-order valence-corrected chi connectivity index (χ2v) is 6.45. The van der Waals surface area contributed by atoms with Crippen molar-refractivity contribution in [2.45, 2.75) is 31.6 Å². The number of rotatable bonds is 3. The van der Waals surface area contributed by atoms with E-state index in [-0.39, 0.29) is 17.9 Å². The van der Waals surface area contributed by atoms with Gasteiger partial charge in [0.15, 0.2) is 5.13 Å². The van der Waals surface area contributed by atoms with E-state index in [0.29, 0.717) is 24.1 Å². The summed E-state index contributed by atoms with van der Waals surface area (Å²) < 4.78 is 4.72. The Morgan fingerprint density at radius 3 is 2.95 bits per heavy atom. The number of nitrogens with one attached hydrogen (secondary N) is 1. The van der Waals surface area contributed by atoms with Crippen molar-refractivity contribution in [3.63, 3.8) is 0 Å². The molecule has 1 saturated carbocycles. The van der Waals surface area contributed by atoms with Crippen molar-refractivity contribution in [1.29, 1.82) is 0 Å². The molecule has 6 nitrogen and oxygen atoms in total. The van der Waals surface area contributed by atoms with Gasteiger partial charge in [-0.15, -0.1) is 11.3 Å². The quantitative estimate of drug-likeness (QED) is 0.931. The van der Waals surface area contributed by atoms with Crippen molar-refractivity contribution in [3.05, 3.63) is 11.1 Å². The molecule has 0 bridgehead atoms. The van der Waals surface area contributed by atoms with Crippen LogP contribution < -0.4 is 5.32 Å². The van der Waals surface area contributed by atoms with Crippen LogP contribution >= 0.6 is 11.3 Å². The Labute approximate surface area is 127 Å². The standard InChI is InChI=1S/C14H19N3O3S/c1-20-14(19)17-6-2-3-10(7-17)12(18)16-13-15-11(8-21-13)9-4-5-9/h8-10H,2-7H2,1H3,(H,15,16,18)/t10-/m1/s1. The zero-order chi connectivity index (χ0) is 14.8. The summed E-state index contributed by atoms with van der Waals surface area (Å²) in [7, 11) is 1.36. The molecule has 114 valence electrons. The van der Waals surface area contributed by atoms with Gasteiger partial charge in [-0.05, 0) is 25.7 Å². The van der Waals surface area contributed by atoms with Crippen LogP contribution in [-0.4, -0.2) is 42.1 Å². The number of thiazole rings is 1. The third-order valence-corrected chi connectivity index (χ3v) is 4.75. The molecule has 1 aromatic heterocycles. The lowest BCUT2D eigenvalue weighted by atomic mass is 9.97. The van der Waals surface area contributed by atoms with Gasteiger partial charge in [-0.3, -0.25) is 4.79 Å². The predicted octanol–water partition coefficient (Wildman–Crippen LogP) is 2.44. The second-order valence-electron chi connectivity index (χ2n) is 5.60. The first-order valence-corrected chi connectivity index (χ1v) is 8.14. The van der Waals surface area contributed by atoms with Crippen LogP contribution in [0.25, 0.3) is 0 Å². The Balaban J connectivity index is 1.57. The molecule has 0 spiro atoms. The molecular formula is C14H19N3O3S. The first-order chi connectivity index (χ1) is 10.2. The summed E-state index contributed by atoms with van der Waals surface area (Å²) in [6, 6.07) is 0. The van der Waals surface area contributed by atoms with Crippen molar-refractivity contribution in [3.8, 4) is 0 Å². The van der Waals surface area contributed by atoms with Gasteiger partial charge in [0.25, 0.3) is 0 Å². The Hall–Kier alpha value is -1.63. The summed E-state index contributed by atoms with van der Waals surface area (Å²) in [6.07, 6.45) is 3.65. The van der Waals surface area contributed by atoms with Gasteiger partial charge in [-0.1, -0.05) is 0 Å². The molecule has 0 aromatic carbocycles. The lowest BCUT2D eigenvalue weighted by Gasteiger charge is -2.30. The van der Waals surface area contributed by atoms with Crippen LogP contribution in [0.1, 0.15) is 37.3 Å². The Kier molecular flexibility index (Phi) is 4.10. The zero-order valence-corrected chi connectivity index (χ0v) is 12.8. The van der Waals surface area contributed by atoms with E-state index in [1.165, 1.54) is 31.3 Å². The van der Waals surface area contributed by atoms with Crippen LogP contribution in [0.3, 0.4) is 0 Å². The van der Waals surface area contributed by atoms with Crippen molar-refractivity contribution in [1.82, 2.24) is 9.88 Å². The Morgan fingerprint density at radius 2 is 2.24 bits per heavy atom. The minimum atomic E-state index is -0.363. The number of likely N-dealkylation sites (tertiary alicyclic amines) is 1. The lowest BCUT2D eigenvalue weighted by Crippen LogP contribution is -2.43. The van der Waals surface area contributed by atoms with E-state index in [9.17, 15) is 9.59 Å².